The van der Waals surface area contributed by atoms with Gasteiger partial charge in [-0.2, -0.15) is 0 Å². The van der Waals surface area contributed by atoms with Crippen molar-refractivity contribution in [2.75, 3.05) is 6.61 Å². The SMILES string of the molecule is O=CCCCC(=O)CO. The number of hydrogen-bond acceptors (Lipinski definition) is 3. The van der Waals surface area contributed by atoms with Crippen LogP contribution in [0, 0.1) is 0 Å². The van der Waals surface area contributed by atoms with Crippen LogP contribution in [-0.4, -0.2) is 23.8 Å². The van der Waals surface area contributed by atoms with Crippen molar-refractivity contribution in [1.82, 2.24) is 0 Å². The molecular weight excluding hydrogens is 120 g/mol. The minimum Gasteiger partial charge on any atom is -0.389 e. The lowest BCUT2D eigenvalue weighted by atomic mass is 10.2. The van der Waals surface area contributed by atoms with Gasteiger partial charge < -0.3 is 9.90 Å². The lowest BCUT2D eigenvalue weighted by Crippen LogP contribution is -2.02. The molecule has 52 valence electrons. The van der Waals surface area contributed by atoms with Crippen LogP contribution in [0.2, 0.25) is 0 Å². The fraction of sp³-hybridized carbons (Fsp3) is 0.667. The summed E-state index contributed by atoms with van der Waals surface area (Å²) < 4.78 is 0. The summed E-state index contributed by atoms with van der Waals surface area (Å²) in [6.45, 7) is -0.404. The van der Waals surface area contributed by atoms with Crippen molar-refractivity contribution < 1.29 is 14.7 Å². The second-order valence-electron chi connectivity index (χ2n) is 1.76. The molecule has 9 heavy (non-hydrogen) atoms. The van der Waals surface area contributed by atoms with E-state index in [2.05, 4.69) is 0 Å². The van der Waals surface area contributed by atoms with Gasteiger partial charge in [0.05, 0.1) is 0 Å². The highest BCUT2D eigenvalue weighted by Gasteiger charge is 1.96. The minimum atomic E-state index is -0.404. The van der Waals surface area contributed by atoms with Gasteiger partial charge in [-0.25, -0.2) is 0 Å². The third-order valence-electron chi connectivity index (χ3n) is 0.954. The Morgan fingerprint density at radius 2 is 2.22 bits per heavy atom. The average molecular weight is 130 g/mol. The summed E-state index contributed by atoms with van der Waals surface area (Å²) in [7, 11) is 0. The van der Waals surface area contributed by atoms with E-state index < -0.39 is 6.61 Å². The van der Waals surface area contributed by atoms with Crippen molar-refractivity contribution in [2.45, 2.75) is 19.3 Å². The molecule has 1 N–H and O–H groups in total. The zero-order valence-electron chi connectivity index (χ0n) is 5.17. The van der Waals surface area contributed by atoms with E-state index in [4.69, 9.17) is 5.11 Å². The normalized spacial score (nSPS) is 9.00. The molecule has 0 fully saturated rings. The molecular formula is C6H10O3. The van der Waals surface area contributed by atoms with E-state index in [0.29, 0.717) is 19.3 Å². The Labute approximate surface area is 53.7 Å². The van der Waals surface area contributed by atoms with Gasteiger partial charge in [0, 0.05) is 12.8 Å². The second kappa shape index (κ2) is 5.44. The summed E-state index contributed by atoms with van der Waals surface area (Å²) in [5.41, 5.74) is 0. The van der Waals surface area contributed by atoms with Gasteiger partial charge in [0.15, 0.2) is 5.78 Å². The number of carbonyl (C=O) groups is 2. The number of hydrogen-bond donors (Lipinski definition) is 1. The van der Waals surface area contributed by atoms with E-state index >= 15 is 0 Å². The Bertz CT molecular complexity index is 98.5. The van der Waals surface area contributed by atoms with Crippen LogP contribution in [0.3, 0.4) is 0 Å². The van der Waals surface area contributed by atoms with Gasteiger partial charge in [0.1, 0.15) is 12.9 Å². The molecule has 0 spiro atoms. The van der Waals surface area contributed by atoms with Crippen molar-refractivity contribution in [2.24, 2.45) is 0 Å². The first-order chi connectivity index (χ1) is 4.31. The van der Waals surface area contributed by atoms with E-state index in [9.17, 15) is 9.59 Å². The first-order valence-electron chi connectivity index (χ1n) is 2.87. The molecule has 0 amide bonds. The number of carbonyl (C=O) groups excluding carboxylic acids is 2. The molecule has 3 nitrogen and oxygen atoms in total. The van der Waals surface area contributed by atoms with Gasteiger partial charge >= 0.3 is 0 Å². The molecule has 0 aromatic rings. The maximum Gasteiger partial charge on any atom is 0.158 e. The van der Waals surface area contributed by atoms with Crippen LogP contribution in [0.5, 0.6) is 0 Å². The molecule has 0 saturated heterocycles. The molecule has 0 aliphatic carbocycles. The summed E-state index contributed by atoms with van der Waals surface area (Å²) in [6.07, 6.45) is 2.05. The Balaban J connectivity index is 3.06. The number of Topliss-reactive ketones (excluding diaryl/α,β-unsaturated/α-hetero) is 1. The summed E-state index contributed by atoms with van der Waals surface area (Å²) in [5.74, 6) is -0.197. The predicted molar refractivity (Wildman–Crippen MR) is 32.0 cm³/mol. The molecule has 0 bridgehead atoms. The Kier molecular flexibility index (Phi) is 5.01. The lowest BCUT2D eigenvalue weighted by molar-refractivity contribution is -0.121. The fourth-order valence-corrected chi connectivity index (χ4v) is 0.462. The van der Waals surface area contributed by atoms with E-state index in [1.54, 1.807) is 0 Å². The van der Waals surface area contributed by atoms with E-state index in [1.165, 1.54) is 0 Å². The molecule has 0 radical (unpaired) electrons. The second-order valence-corrected chi connectivity index (χ2v) is 1.76. The maximum atomic E-state index is 10.3. The smallest absolute Gasteiger partial charge is 0.158 e. The highest BCUT2D eigenvalue weighted by Crippen LogP contribution is 1.92. The molecule has 0 aliphatic rings. The molecule has 3 heteroatoms. The van der Waals surface area contributed by atoms with Gasteiger partial charge in [0.25, 0.3) is 0 Å². The number of aliphatic hydroxyl groups is 1. The molecule has 0 unspecified atom stereocenters. The molecule has 0 heterocycles. The fourth-order valence-electron chi connectivity index (χ4n) is 0.462. The third-order valence-corrected chi connectivity index (χ3v) is 0.954. The zero-order chi connectivity index (χ0) is 7.11. The van der Waals surface area contributed by atoms with Gasteiger partial charge in [0.2, 0.25) is 0 Å². The number of ketones is 1. The Morgan fingerprint density at radius 1 is 1.56 bits per heavy atom. The third kappa shape index (κ3) is 5.17. The van der Waals surface area contributed by atoms with Crippen LogP contribution in [-0.2, 0) is 9.59 Å². The molecule has 0 aliphatic heterocycles. The predicted octanol–water partition coefficient (Wildman–Crippen LogP) is -0.0830. The topological polar surface area (TPSA) is 54.4 Å². The largest absolute Gasteiger partial charge is 0.389 e. The summed E-state index contributed by atoms with van der Waals surface area (Å²) in [6, 6.07) is 0. The number of unbranched alkanes of at least 4 members (excludes halogenated alkanes) is 1. The van der Waals surface area contributed by atoms with Crippen LogP contribution in [0.4, 0.5) is 0 Å². The number of rotatable bonds is 5. The highest BCUT2D eigenvalue weighted by atomic mass is 16.3. The maximum absolute atomic E-state index is 10.3. The molecule has 0 rings (SSSR count). The quantitative estimate of drug-likeness (QED) is 0.418. The van der Waals surface area contributed by atoms with Crippen LogP contribution >= 0.6 is 0 Å². The van der Waals surface area contributed by atoms with Crippen LogP contribution in [0.1, 0.15) is 19.3 Å². The van der Waals surface area contributed by atoms with Crippen molar-refractivity contribution in [1.29, 1.82) is 0 Å². The minimum absolute atomic E-state index is 0.197. The Morgan fingerprint density at radius 3 is 2.67 bits per heavy atom. The monoisotopic (exact) mass is 130 g/mol. The van der Waals surface area contributed by atoms with Gasteiger partial charge in [-0.15, -0.1) is 0 Å². The van der Waals surface area contributed by atoms with E-state index in [1.807, 2.05) is 0 Å². The van der Waals surface area contributed by atoms with Gasteiger partial charge in [-0.1, -0.05) is 0 Å². The van der Waals surface area contributed by atoms with Crippen molar-refractivity contribution >= 4 is 12.1 Å². The molecule has 0 aromatic carbocycles. The number of aliphatic hydroxyl groups excluding tert-OH is 1. The first-order valence-corrected chi connectivity index (χ1v) is 2.87. The molecule has 0 saturated carbocycles. The average Bonchev–Trinajstić information content (AvgIpc) is 1.89. The standard InChI is InChI=1S/C6H10O3/c7-4-2-1-3-6(9)5-8/h4,8H,1-3,5H2. The van der Waals surface area contributed by atoms with Crippen LogP contribution in [0.25, 0.3) is 0 Å². The Hall–Kier alpha value is -0.700. The van der Waals surface area contributed by atoms with E-state index in [-0.39, 0.29) is 5.78 Å². The molecule has 0 atom stereocenters. The van der Waals surface area contributed by atoms with Crippen LogP contribution < -0.4 is 0 Å². The zero-order valence-corrected chi connectivity index (χ0v) is 5.17. The lowest BCUT2D eigenvalue weighted by Gasteiger charge is -1.90. The first kappa shape index (κ1) is 8.30. The summed E-state index contributed by atoms with van der Waals surface area (Å²) in [4.78, 5) is 20.0. The van der Waals surface area contributed by atoms with Crippen molar-refractivity contribution in [3.63, 3.8) is 0 Å². The van der Waals surface area contributed by atoms with Crippen molar-refractivity contribution in [3.8, 4) is 0 Å². The highest BCUT2D eigenvalue weighted by molar-refractivity contribution is 5.79. The van der Waals surface area contributed by atoms with Gasteiger partial charge in [-0.05, 0) is 6.42 Å². The summed E-state index contributed by atoms with van der Waals surface area (Å²) >= 11 is 0. The van der Waals surface area contributed by atoms with E-state index in [0.717, 1.165) is 6.29 Å². The van der Waals surface area contributed by atoms with Crippen molar-refractivity contribution in [3.05, 3.63) is 0 Å². The summed E-state index contributed by atoms with van der Waals surface area (Å²) in [5, 5.41) is 8.20. The van der Waals surface area contributed by atoms with Gasteiger partial charge in [-0.3, -0.25) is 4.79 Å². The molecule has 0 aromatic heterocycles. The number of aldehydes is 1. The van der Waals surface area contributed by atoms with Crippen LogP contribution in [0.15, 0.2) is 0 Å².